The fourth-order valence-electron chi connectivity index (χ4n) is 2.98. The molecule has 1 N–H and O–H groups in total. The molecule has 29 heavy (non-hydrogen) atoms. The first kappa shape index (κ1) is 18.6. The first-order valence-corrected chi connectivity index (χ1v) is 8.71. The van der Waals surface area contributed by atoms with E-state index in [9.17, 15) is 18.0 Å². The average molecular weight is 393 g/mol. The van der Waals surface area contributed by atoms with Crippen molar-refractivity contribution in [1.29, 1.82) is 0 Å². The number of nitrogens with zero attached hydrogens (tertiary/aromatic N) is 2. The molecule has 0 bridgehead atoms. The monoisotopic (exact) mass is 393 g/mol. The van der Waals surface area contributed by atoms with Gasteiger partial charge in [-0.3, -0.25) is 9.78 Å². The van der Waals surface area contributed by atoms with Crippen molar-refractivity contribution in [3.63, 3.8) is 0 Å². The number of alkyl halides is 3. The zero-order chi connectivity index (χ0) is 20.4. The summed E-state index contributed by atoms with van der Waals surface area (Å²) in [7, 11) is 0. The molecule has 0 spiro atoms. The highest BCUT2D eigenvalue weighted by Gasteiger charge is 2.30. The van der Waals surface area contributed by atoms with Gasteiger partial charge in [0.05, 0.1) is 28.0 Å². The minimum Gasteiger partial charge on any atom is -0.322 e. The van der Waals surface area contributed by atoms with Crippen LogP contribution in [0.4, 0.5) is 18.9 Å². The Hall–Kier alpha value is -3.74. The van der Waals surface area contributed by atoms with Crippen molar-refractivity contribution >= 4 is 22.5 Å². The standard InChI is InChI=1S/C22H14F3N3O/c23-22(24,25)14-6-5-7-15(12-14)27-21(29)17-13-20(19-10-3-4-11-26-19)28-18-9-2-1-8-16(17)18/h1-13H,(H,27,29). The highest BCUT2D eigenvalue weighted by atomic mass is 19.4. The zero-order valence-electron chi connectivity index (χ0n) is 14.9. The van der Waals surface area contributed by atoms with Crippen LogP contribution in [0.15, 0.2) is 79.0 Å². The third-order valence-electron chi connectivity index (χ3n) is 4.34. The maximum atomic E-state index is 12.9. The number of fused-ring (bicyclic) bond motifs is 1. The van der Waals surface area contributed by atoms with Crippen LogP contribution in [0.1, 0.15) is 15.9 Å². The number of anilines is 1. The molecule has 0 aliphatic rings. The predicted molar refractivity (Wildman–Crippen MR) is 104 cm³/mol. The predicted octanol–water partition coefficient (Wildman–Crippen LogP) is 5.57. The van der Waals surface area contributed by atoms with Crippen molar-refractivity contribution in [3.05, 3.63) is 90.1 Å². The summed E-state index contributed by atoms with van der Waals surface area (Å²) >= 11 is 0. The van der Waals surface area contributed by atoms with E-state index in [1.165, 1.54) is 12.1 Å². The Morgan fingerprint density at radius 2 is 1.66 bits per heavy atom. The van der Waals surface area contributed by atoms with E-state index < -0.39 is 17.6 Å². The second kappa shape index (κ2) is 7.35. The van der Waals surface area contributed by atoms with E-state index >= 15 is 0 Å². The second-order valence-corrected chi connectivity index (χ2v) is 6.32. The molecule has 0 aliphatic heterocycles. The van der Waals surface area contributed by atoms with Crippen LogP contribution in [0.25, 0.3) is 22.3 Å². The minimum absolute atomic E-state index is 0.0603. The molecule has 2 heterocycles. The molecule has 0 radical (unpaired) electrons. The molecule has 7 heteroatoms. The van der Waals surface area contributed by atoms with E-state index in [-0.39, 0.29) is 5.69 Å². The molecular weight excluding hydrogens is 379 g/mol. The number of aromatic nitrogens is 2. The second-order valence-electron chi connectivity index (χ2n) is 6.32. The van der Waals surface area contributed by atoms with Crippen molar-refractivity contribution < 1.29 is 18.0 Å². The molecule has 2 aromatic heterocycles. The molecule has 0 saturated carbocycles. The van der Waals surface area contributed by atoms with Gasteiger partial charge in [0.1, 0.15) is 0 Å². The van der Waals surface area contributed by atoms with Crippen LogP contribution in [-0.4, -0.2) is 15.9 Å². The Morgan fingerprint density at radius 3 is 2.41 bits per heavy atom. The van der Waals surface area contributed by atoms with Gasteiger partial charge >= 0.3 is 6.18 Å². The number of pyridine rings is 2. The van der Waals surface area contributed by atoms with Crippen LogP contribution in [-0.2, 0) is 6.18 Å². The number of para-hydroxylation sites is 1. The summed E-state index contributed by atoms with van der Waals surface area (Å²) in [5.74, 6) is -0.528. The Balaban J connectivity index is 1.76. The summed E-state index contributed by atoms with van der Waals surface area (Å²) in [6.45, 7) is 0. The van der Waals surface area contributed by atoms with E-state index in [1.807, 2.05) is 6.07 Å². The molecule has 0 atom stereocenters. The van der Waals surface area contributed by atoms with Gasteiger partial charge in [-0.15, -0.1) is 0 Å². The highest BCUT2D eigenvalue weighted by Crippen LogP contribution is 2.31. The van der Waals surface area contributed by atoms with Crippen molar-refractivity contribution in [2.75, 3.05) is 5.32 Å². The fraction of sp³-hybridized carbons (Fsp3) is 0.0455. The van der Waals surface area contributed by atoms with E-state index in [0.717, 1.165) is 12.1 Å². The van der Waals surface area contributed by atoms with Crippen molar-refractivity contribution in [2.45, 2.75) is 6.18 Å². The lowest BCUT2D eigenvalue weighted by Crippen LogP contribution is -2.14. The summed E-state index contributed by atoms with van der Waals surface area (Å²) in [6.07, 6.45) is -2.87. The van der Waals surface area contributed by atoms with Gasteiger partial charge in [-0.1, -0.05) is 30.3 Å². The van der Waals surface area contributed by atoms with Crippen LogP contribution in [0.5, 0.6) is 0 Å². The maximum Gasteiger partial charge on any atom is 0.416 e. The van der Waals surface area contributed by atoms with E-state index in [0.29, 0.717) is 27.9 Å². The molecule has 4 rings (SSSR count). The number of nitrogens with one attached hydrogen (secondary N) is 1. The Labute approximate surface area is 164 Å². The molecule has 4 aromatic rings. The highest BCUT2D eigenvalue weighted by molar-refractivity contribution is 6.13. The fourth-order valence-corrected chi connectivity index (χ4v) is 2.98. The average Bonchev–Trinajstić information content (AvgIpc) is 2.73. The number of hydrogen-bond acceptors (Lipinski definition) is 3. The zero-order valence-corrected chi connectivity index (χ0v) is 14.9. The van der Waals surface area contributed by atoms with Gasteiger partial charge in [0, 0.05) is 17.3 Å². The van der Waals surface area contributed by atoms with Crippen molar-refractivity contribution in [1.82, 2.24) is 9.97 Å². The molecule has 2 aromatic carbocycles. The number of halogens is 3. The lowest BCUT2D eigenvalue weighted by Gasteiger charge is -2.12. The number of benzene rings is 2. The summed E-state index contributed by atoms with van der Waals surface area (Å²) in [5, 5.41) is 3.15. The molecular formula is C22H14F3N3O. The Morgan fingerprint density at radius 1 is 0.862 bits per heavy atom. The topological polar surface area (TPSA) is 54.9 Å². The summed E-state index contributed by atoms with van der Waals surface area (Å²) < 4.78 is 38.8. The van der Waals surface area contributed by atoms with Gasteiger partial charge in [-0.2, -0.15) is 13.2 Å². The number of carbonyl (C=O) groups excluding carboxylic acids is 1. The van der Waals surface area contributed by atoms with Gasteiger partial charge in [-0.05, 0) is 42.5 Å². The largest absolute Gasteiger partial charge is 0.416 e. The summed E-state index contributed by atoms with van der Waals surface area (Å²) in [6, 6.07) is 18.5. The summed E-state index contributed by atoms with van der Waals surface area (Å²) in [4.78, 5) is 21.7. The van der Waals surface area contributed by atoms with Crippen LogP contribution < -0.4 is 5.32 Å². The molecule has 144 valence electrons. The van der Waals surface area contributed by atoms with E-state index in [1.54, 1.807) is 48.7 Å². The molecule has 1 amide bonds. The third kappa shape index (κ3) is 3.94. The Kier molecular flexibility index (Phi) is 4.72. The van der Waals surface area contributed by atoms with Gasteiger partial charge < -0.3 is 5.32 Å². The molecule has 0 unspecified atom stereocenters. The van der Waals surface area contributed by atoms with E-state index in [4.69, 9.17) is 0 Å². The van der Waals surface area contributed by atoms with Crippen LogP contribution in [0.2, 0.25) is 0 Å². The van der Waals surface area contributed by atoms with Crippen LogP contribution >= 0.6 is 0 Å². The minimum atomic E-state index is -4.49. The Bertz CT molecular complexity index is 1190. The lowest BCUT2D eigenvalue weighted by atomic mass is 10.1. The first-order valence-electron chi connectivity index (χ1n) is 8.71. The normalized spacial score (nSPS) is 11.4. The van der Waals surface area contributed by atoms with Crippen LogP contribution in [0, 0.1) is 0 Å². The van der Waals surface area contributed by atoms with Gasteiger partial charge in [0.15, 0.2) is 0 Å². The van der Waals surface area contributed by atoms with Gasteiger partial charge in [-0.25, -0.2) is 4.98 Å². The van der Waals surface area contributed by atoms with E-state index in [2.05, 4.69) is 15.3 Å². The summed E-state index contributed by atoms with van der Waals surface area (Å²) in [5.41, 5.74) is 1.21. The lowest BCUT2D eigenvalue weighted by molar-refractivity contribution is -0.137. The number of amides is 1. The molecule has 0 aliphatic carbocycles. The third-order valence-corrected chi connectivity index (χ3v) is 4.34. The number of rotatable bonds is 3. The van der Waals surface area contributed by atoms with Crippen molar-refractivity contribution in [3.8, 4) is 11.4 Å². The smallest absolute Gasteiger partial charge is 0.322 e. The molecule has 0 saturated heterocycles. The number of hydrogen-bond donors (Lipinski definition) is 1. The van der Waals surface area contributed by atoms with Gasteiger partial charge in [0.2, 0.25) is 0 Å². The van der Waals surface area contributed by atoms with Crippen molar-refractivity contribution in [2.24, 2.45) is 0 Å². The molecule has 0 fully saturated rings. The SMILES string of the molecule is O=C(Nc1cccc(C(F)(F)F)c1)c1cc(-c2ccccn2)nc2ccccc12. The number of carbonyl (C=O) groups is 1. The van der Waals surface area contributed by atoms with Gasteiger partial charge in [0.25, 0.3) is 5.91 Å². The molecule has 4 nitrogen and oxygen atoms in total. The first-order chi connectivity index (χ1) is 13.9. The quantitative estimate of drug-likeness (QED) is 0.495. The van der Waals surface area contributed by atoms with Crippen LogP contribution in [0.3, 0.4) is 0 Å². The maximum absolute atomic E-state index is 12.9.